The molecule has 0 aromatic heterocycles. The molecule has 0 bridgehead atoms. The number of unbranched alkanes of at least 4 members (excludes halogenated alkanes) is 11. The Morgan fingerprint density at radius 3 is 1.05 bits per heavy atom. The van der Waals surface area contributed by atoms with Crippen LogP contribution in [0, 0.1) is 0 Å². The SMILES string of the molecule is CCCCCCCCCCCCCCC(=O)OC(F)(F)C(F)(F)C(F)(F)C(F)(F)C(F)(F)C(F)(F)C(F)(F)C(F)(F)F. The fraction of sp³-hybridized carbons (Fsp3) is 0.957. The van der Waals surface area contributed by atoms with E-state index in [1.807, 2.05) is 0 Å². The maximum Gasteiger partial charge on any atom is 0.473 e. The van der Waals surface area contributed by atoms with E-state index in [9.17, 15) is 79.4 Å². The van der Waals surface area contributed by atoms with Crippen molar-refractivity contribution in [3.8, 4) is 0 Å². The van der Waals surface area contributed by atoms with Crippen molar-refractivity contribution in [1.82, 2.24) is 0 Å². The lowest BCUT2D eigenvalue weighted by atomic mass is 9.90. The molecule has 0 rings (SSSR count). The molecule has 0 unspecified atom stereocenters. The Balaban J connectivity index is 5.30. The Morgan fingerprint density at radius 1 is 0.429 bits per heavy atom. The van der Waals surface area contributed by atoms with Crippen molar-refractivity contribution < 1.29 is 84.2 Å². The minimum absolute atomic E-state index is 0.0799. The lowest BCUT2D eigenvalue weighted by molar-refractivity contribution is -0.474. The third kappa shape index (κ3) is 8.25. The molecule has 0 saturated carbocycles. The molecule has 19 heteroatoms. The van der Waals surface area contributed by atoms with E-state index in [0.717, 1.165) is 51.4 Å². The molecule has 0 fully saturated rings. The lowest BCUT2D eigenvalue weighted by Crippen LogP contribution is -2.74. The first-order chi connectivity index (χ1) is 18.7. The van der Waals surface area contributed by atoms with Crippen molar-refractivity contribution in [2.24, 2.45) is 0 Å². The molecule has 0 N–H and O–H groups in total. The fourth-order valence-corrected chi connectivity index (χ4v) is 3.52. The average Bonchev–Trinajstić information content (AvgIpc) is 2.82. The molecule has 0 aliphatic rings. The molecule has 0 aromatic rings. The highest BCUT2D eigenvalue weighted by Gasteiger charge is 2.95. The molecule has 2 nitrogen and oxygen atoms in total. The van der Waals surface area contributed by atoms with Crippen LogP contribution in [0.15, 0.2) is 0 Å². The Bertz CT molecular complexity index is 837. The van der Waals surface area contributed by atoms with Gasteiger partial charge < -0.3 is 4.74 Å². The maximum atomic E-state index is 13.7. The Hall–Kier alpha value is -1.72. The number of esters is 1. The number of hydrogen-bond acceptors (Lipinski definition) is 2. The molecule has 0 spiro atoms. The van der Waals surface area contributed by atoms with Crippen molar-refractivity contribution >= 4 is 5.97 Å². The quantitative estimate of drug-likeness (QED) is 0.0738. The summed E-state index contributed by atoms with van der Waals surface area (Å²) in [6, 6.07) is 0. The second-order valence-corrected chi connectivity index (χ2v) is 9.57. The molecule has 0 atom stereocenters. The lowest BCUT2D eigenvalue weighted by Gasteiger charge is -2.42. The smallest absolute Gasteiger partial charge is 0.396 e. The third-order valence-corrected chi connectivity index (χ3v) is 6.17. The monoisotopic (exact) mass is 660 g/mol. The van der Waals surface area contributed by atoms with Gasteiger partial charge in [-0.3, -0.25) is 4.79 Å². The Labute approximate surface area is 229 Å². The normalized spacial score (nSPS) is 14.8. The Kier molecular flexibility index (Phi) is 13.8. The van der Waals surface area contributed by atoms with Crippen LogP contribution in [0.2, 0.25) is 0 Å². The predicted molar refractivity (Wildman–Crippen MR) is 112 cm³/mol. The van der Waals surface area contributed by atoms with E-state index >= 15 is 0 Å². The molecule has 252 valence electrons. The number of carbonyl (C=O) groups excluding carboxylic acids is 1. The van der Waals surface area contributed by atoms with Crippen LogP contribution in [0.25, 0.3) is 0 Å². The first-order valence-electron chi connectivity index (χ1n) is 12.6. The van der Waals surface area contributed by atoms with E-state index in [2.05, 4.69) is 11.7 Å². The highest BCUT2D eigenvalue weighted by molar-refractivity contribution is 5.69. The minimum Gasteiger partial charge on any atom is -0.396 e. The molecule has 0 radical (unpaired) electrons. The zero-order valence-electron chi connectivity index (χ0n) is 21.9. The second kappa shape index (κ2) is 14.4. The largest absolute Gasteiger partial charge is 0.473 e. The van der Waals surface area contributed by atoms with E-state index in [1.165, 1.54) is 0 Å². The van der Waals surface area contributed by atoms with Crippen LogP contribution >= 0.6 is 0 Å². The van der Waals surface area contributed by atoms with Gasteiger partial charge in [-0.2, -0.15) is 74.6 Å². The molecular formula is C23H29F17O2. The summed E-state index contributed by atoms with van der Waals surface area (Å²) >= 11 is 0. The summed E-state index contributed by atoms with van der Waals surface area (Å²) in [6.45, 7) is 2.05. The zero-order valence-corrected chi connectivity index (χ0v) is 21.9. The first-order valence-corrected chi connectivity index (χ1v) is 12.6. The molecule has 0 aromatic carbocycles. The standard InChI is InChI=1S/C23H29F17O2/c1-2-3-4-5-6-7-8-9-10-11-12-13-14-15(41)42-23(39,40)21(34,35)19(30,31)17(26,27)16(24,25)18(28,29)20(32,33)22(36,37)38/h2-14H2,1H3. The van der Waals surface area contributed by atoms with Crippen LogP contribution in [-0.2, 0) is 9.53 Å². The van der Waals surface area contributed by atoms with E-state index < -0.39 is 60.2 Å². The molecule has 0 heterocycles. The third-order valence-electron chi connectivity index (χ3n) is 6.17. The van der Waals surface area contributed by atoms with E-state index in [1.54, 1.807) is 0 Å². The van der Waals surface area contributed by atoms with Crippen molar-refractivity contribution in [3.05, 3.63) is 0 Å². The summed E-state index contributed by atoms with van der Waals surface area (Å²) in [4.78, 5) is 11.4. The maximum absolute atomic E-state index is 13.7. The summed E-state index contributed by atoms with van der Waals surface area (Å²) in [6.07, 6.45) is -7.62. The fourth-order valence-electron chi connectivity index (χ4n) is 3.52. The van der Waals surface area contributed by atoms with Crippen molar-refractivity contribution in [2.75, 3.05) is 0 Å². The summed E-state index contributed by atoms with van der Waals surface area (Å²) in [5.74, 6) is -53.2. The van der Waals surface area contributed by atoms with Gasteiger partial charge in [-0.25, -0.2) is 0 Å². The number of alkyl halides is 17. The average molecular weight is 660 g/mol. The topological polar surface area (TPSA) is 26.3 Å². The number of halogens is 17. The van der Waals surface area contributed by atoms with E-state index in [0.29, 0.717) is 12.8 Å². The van der Waals surface area contributed by atoms with Crippen LogP contribution in [0.5, 0.6) is 0 Å². The number of ether oxygens (including phenoxy) is 1. The zero-order chi connectivity index (χ0) is 33.5. The van der Waals surface area contributed by atoms with Crippen LogP contribution in [-0.4, -0.2) is 53.8 Å². The van der Waals surface area contributed by atoms with Gasteiger partial charge in [-0.05, 0) is 6.42 Å². The van der Waals surface area contributed by atoms with Crippen LogP contribution in [0.4, 0.5) is 74.6 Å². The molecule has 0 aliphatic carbocycles. The molecular weight excluding hydrogens is 631 g/mol. The molecule has 0 aliphatic heterocycles. The number of carbonyl (C=O) groups is 1. The Morgan fingerprint density at radius 2 is 0.714 bits per heavy atom. The highest BCUT2D eigenvalue weighted by atomic mass is 19.4. The highest BCUT2D eigenvalue weighted by Crippen LogP contribution is 2.64. The van der Waals surface area contributed by atoms with Crippen molar-refractivity contribution in [3.63, 3.8) is 0 Å². The summed E-state index contributed by atoms with van der Waals surface area (Å²) in [5.41, 5.74) is 0. The van der Waals surface area contributed by atoms with Gasteiger partial charge in [0.15, 0.2) is 0 Å². The molecule has 0 amide bonds. The van der Waals surface area contributed by atoms with Gasteiger partial charge in [0, 0.05) is 6.42 Å². The summed E-state index contributed by atoms with van der Waals surface area (Å²) in [7, 11) is 0. The summed E-state index contributed by atoms with van der Waals surface area (Å²) in [5, 5.41) is 0. The second-order valence-electron chi connectivity index (χ2n) is 9.57. The van der Waals surface area contributed by atoms with Gasteiger partial charge in [0.1, 0.15) is 0 Å². The van der Waals surface area contributed by atoms with Gasteiger partial charge >= 0.3 is 53.8 Å². The van der Waals surface area contributed by atoms with E-state index in [-0.39, 0.29) is 12.8 Å². The minimum atomic E-state index is -8.72. The summed E-state index contributed by atoms with van der Waals surface area (Å²) < 4.78 is 227. The van der Waals surface area contributed by atoms with Gasteiger partial charge in [-0.1, -0.05) is 77.6 Å². The van der Waals surface area contributed by atoms with Crippen LogP contribution in [0.1, 0.15) is 90.4 Å². The van der Waals surface area contributed by atoms with Crippen molar-refractivity contribution in [2.45, 2.75) is 138 Å². The van der Waals surface area contributed by atoms with E-state index in [4.69, 9.17) is 0 Å². The van der Waals surface area contributed by atoms with Crippen LogP contribution in [0.3, 0.4) is 0 Å². The van der Waals surface area contributed by atoms with Crippen LogP contribution < -0.4 is 0 Å². The molecule has 0 saturated heterocycles. The molecule has 42 heavy (non-hydrogen) atoms. The van der Waals surface area contributed by atoms with Gasteiger partial charge in [0.2, 0.25) is 0 Å². The number of hydrogen-bond donors (Lipinski definition) is 0. The number of rotatable bonds is 20. The van der Waals surface area contributed by atoms with Gasteiger partial charge in [0.05, 0.1) is 0 Å². The van der Waals surface area contributed by atoms with Gasteiger partial charge in [-0.15, -0.1) is 0 Å². The van der Waals surface area contributed by atoms with Crippen molar-refractivity contribution in [1.29, 1.82) is 0 Å². The predicted octanol–water partition coefficient (Wildman–Crippen LogP) is 10.6. The van der Waals surface area contributed by atoms with Gasteiger partial charge in [0.25, 0.3) is 0 Å². The first kappa shape index (κ1) is 40.3.